The topological polar surface area (TPSA) is 78.0 Å². The third-order valence-corrected chi connectivity index (χ3v) is 4.93. The summed E-state index contributed by atoms with van der Waals surface area (Å²) in [6.07, 6.45) is 1.42. The highest BCUT2D eigenvalue weighted by atomic mass is 16.2. The van der Waals surface area contributed by atoms with Crippen molar-refractivity contribution < 1.29 is 4.79 Å². The number of nitrogens with zero attached hydrogens (tertiary/aromatic N) is 6. The Morgan fingerprint density at radius 3 is 2.63 bits per heavy atom. The lowest BCUT2D eigenvalue weighted by atomic mass is 10.0. The molecule has 0 spiro atoms. The van der Waals surface area contributed by atoms with E-state index >= 15 is 0 Å². The van der Waals surface area contributed by atoms with E-state index in [-0.39, 0.29) is 18.3 Å². The van der Waals surface area contributed by atoms with Crippen LogP contribution in [0.25, 0.3) is 10.8 Å². The average Bonchev–Trinajstić information content (AvgIpc) is 3.16. The third-order valence-electron chi connectivity index (χ3n) is 4.93. The number of hydrogen-bond acceptors (Lipinski definition) is 5. The van der Waals surface area contributed by atoms with Gasteiger partial charge in [0.25, 0.3) is 5.82 Å². The maximum absolute atomic E-state index is 12.4. The summed E-state index contributed by atoms with van der Waals surface area (Å²) >= 11 is 0. The maximum Gasteiger partial charge on any atom is 0.252 e. The molecule has 1 fully saturated rings. The quantitative estimate of drug-likeness (QED) is 0.707. The second kappa shape index (κ2) is 7.56. The fourth-order valence-electron chi connectivity index (χ4n) is 3.49. The van der Waals surface area contributed by atoms with Crippen LogP contribution < -0.4 is 0 Å². The van der Waals surface area contributed by atoms with Gasteiger partial charge in [-0.15, -0.1) is 5.10 Å². The van der Waals surface area contributed by atoms with Gasteiger partial charge in [0.2, 0.25) is 5.91 Å². The Balaban J connectivity index is 1.34. The number of fused-ring (bicyclic) bond motifs is 1. The number of carbonyl (C=O) groups excluding carboxylic acids is 1. The largest absolute Gasteiger partial charge is 0.339 e. The second-order valence-corrected chi connectivity index (χ2v) is 6.67. The summed E-state index contributed by atoms with van der Waals surface area (Å²) in [5, 5.41) is 15.3. The average molecular weight is 360 g/mol. The normalized spacial score (nSPS) is 15.0. The zero-order chi connectivity index (χ0) is 18.6. The molecule has 0 N–H and O–H groups in total. The van der Waals surface area contributed by atoms with Gasteiger partial charge in [-0.1, -0.05) is 42.5 Å². The number of aromatic nitrogens is 3. The van der Waals surface area contributed by atoms with Crippen molar-refractivity contribution in [3.8, 4) is 6.07 Å². The predicted octanol–water partition coefficient (Wildman–Crippen LogP) is 1.65. The number of benzene rings is 2. The van der Waals surface area contributed by atoms with Crippen molar-refractivity contribution in [1.82, 2.24) is 24.6 Å². The Bertz CT molecular complexity index is 992. The molecule has 4 rings (SSSR count). The number of rotatable bonds is 4. The van der Waals surface area contributed by atoms with Gasteiger partial charge in [-0.25, -0.2) is 9.67 Å². The minimum Gasteiger partial charge on any atom is -0.339 e. The lowest BCUT2D eigenvalue weighted by Gasteiger charge is -2.35. The fourth-order valence-corrected chi connectivity index (χ4v) is 3.49. The van der Waals surface area contributed by atoms with Gasteiger partial charge >= 0.3 is 0 Å². The molecule has 0 unspecified atom stereocenters. The molecule has 0 saturated carbocycles. The van der Waals surface area contributed by atoms with Crippen LogP contribution in [0.5, 0.6) is 0 Å². The van der Waals surface area contributed by atoms with Crippen LogP contribution in [0.15, 0.2) is 48.8 Å². The van der Waals surface area contributed by atoms with E-state index in [4.69, 9.17) is 5.26 Å². The van der Waals surface area contributed by atoms with Crippen LogP contribution in [0.4, 0.5) is 0 Å². The summed E-state index contributed by atoms with van der Waals surface area (Å²) in [5.41, 5.74) is 1.32. The van der Waals surface area contributed by atoms with E-state index in [1.807, 2.05) is 11.0 Å². The lowest BCUT2D eigenvalue weighted by Crippen LogP contribution is -2.49. The molecule has 7 nitrogen and oxygen atoms in total. The molecule has 0 aliphatic carbocycles. The lowest BCUT2D eigenvalue weighted by molar-refractivity contribution is -0.133. The Morgan fingerprint density at radius 2 is 1.85 bits per heavy atom. The Kier molecular flexibility index (Phi) is 4.81. The number of carbonyl (C=O) groups is 1. The van der Waals surface area contributed by atoms with E-state index in [9.17, 15) is 4.79 Å². The maximum atomic E-state index is 12.4. The number of hydrogen-bond donors (Lipinski definition) is 0. The van der Waals surface area contributed by atoms with Crippen LogP contribution in [-0.4, -0.2) is 56.7 Å². The molecule has 0 bridgehead atoms. The van der Waals surface area contributed by atoms with Crippen molar-refractivity contribution in [2.75, 3.05) is 26.2 Å². The second-order valence-electron chi connectivity index (χ2n) is 6.67. The van der Waals surface area contributed by atoms with E-state index in [2.05, 4.69) is 57.4 Å². The molecule has 1 aromatic heterocycles. The minimum atomic E-state index is 0.00852. The SMILES string of the molecule is N#Cc1ncn(CC(=O)N2CCN(Cc3cccc4ccccc34)CC2)n1. The van der Waals surface area contributed by atoms with Crippen molar-refractivity contribution in [3.05, 3.63) is 60.2 Å². The van der Waals surface area contributed by atoms with Crippen molar-refractivity contribution in [1.29, 1.82) is 5.26 Å². The first-order valence-electron chi connectivity index (χ1n) is 8.99. The Morgan fingerprint density at radius 1 is 1.07 bits per heavy atom. The van der Waals surface area contributed by atoms with Crippen molar-refractivity contribution >= 4 is 16.7 Å². The molecule has 7 heteroatoms. The fraction of sp³-hybridized carbons (Fsp3) is 0.300. The summed E-state index contributed by atoms with van der Waals surface area (Å²) in [7, 11) is 0. The minimum absolute atomic E-state index is 0.00852. The van der Waals surface area contributed by atoms with Gasteiger partial charge in [-0.05, 0) is 16.3 Å². The van der Waals surface area contributed by atoms with Gasteiger partial charge in [0.1, 0.15) is 18.9 Å². The number of nitriles is 1. The van der Waals surface area contributed by atoms with Crippen LogP contribution in [0.2, 0.25) is 0 Å². The first-order valence-corrected chi connectivity index (χ1v) is 8.99. The molecule has 0 atom stereocenters. The summed E-state index contributed by atoms with van der Waals surface area (Å²) < 4.78 is 1.42. The van der Waals surface area contributed by atoms with E-state index in [1.54, 1.807) is 0 Å². The molecule has 27 heavy (non-hydrogen) atoms. The van der Waals surface area contributed by atoms with Gasteiger partial charge in [0.05, 0.1) is 0 Å². The van der Waals surface area contributed by atoms with E-state index in [0.29, 0.717) is 13.1 Å². The molecule has 1 aliphatic rings. The van der Waals surface area contributed by atoms with Crippen LogP contribution >= 0.6 is 0 Å². The molecule has 3 aromatic rings. The first kappa shape index (κ1) is 17.2. The van der Waals surface area contributed by atoms with Gasteiger partial charge < -0.3 is 4.90 Å². The zero-order valence-electron chi connectivity index (χ0n) is 15.0. The zero-order valence-corrected chi connectivity index (χ0v) is 15.0. The van der Waals surface area contributed by atoms with Crippen LogP contribution in [0, 0.1) is 11.3 Å². The monoisotopic (exact) mass is 360 g/mol. The van der Waals surface area contributed by atoms with Crippen LogP contribution in [0.3, 0.4) is 0 Å². The molecule has 1 amide bonds. The highest BCUT2D eigenvalue weighted by molar-refractivity contribution is 5.85. The summed E-state index contributed by atoms with van der Waals surface area (Å²) in [6, 6.07) is 16.7. The van der Waals surface area contributed by atoms with Crippen LogP contribution in [-0.2, 0) is 17.9 Å². The molecular formula is C20H20N6O. The molecule has 136 valence electrons. The summed E-state index contributed by atoms with van der Waals surface area (Å²) in [6.45, 7) is 4.09. The Labute approximate surface area is 157 Å². The highest BCUT2D eigenvalue weighted by Gasteiger charge is 2.22. The van der Waals surface area contributed by atoms with Gasteiger partial charge in [-0.2, -0.15) is 5.26 Å². The van der Waals surface area contributed by atoms with Crippen LogP contribution in [0.1, 0.15) is 11.4 Å². The molecule has 1 aliphatic heterocycles. The summed E-state index contributed by atoms with van der Waals surface area (Å²) in [5.74, 6) is 0.0944. The van der Waals surface area contributed by atoms with E-state index < -0.39 is 0 Å². The molecule has 2 aromatic carbocycles. The highest BCUT2D eigenvalue weighted by Crippen LogP contribution is 2.20. The van der Waals surface area contributed by atoms with Crippen molar-refractivity contribution in [2.24, 2.45) is 0 Å². The predicted molar refractivity (Wildman–Crippen MR) is 101 cm³/mol. The Hall–Kier alpha value is -3.24. The standard InChI is InChI=1S/C20H20N6O/c21-12-19-22-15-26(23-19)14-20(27)25-10-8-24(9-11-25)13-17-6-3-5-16-4-1-2-7-18(16)17/h1-7,15H,8-11,13-14H2. The van der Waals surface area contributed by atoms with Gasteiger partial charge in [0, 0.05) is 32.7 Å². The number of amides is 1. The smallest absolute Gasteiger partial charge is 0.252 e. The van der Waals surface area contributed by atoms with Gasteiger partial charge in [0.15, 0.2) is 0 Å². The van der Waals surface area contributed by atoms with E-state index in [0.717, 1.165) is 19.6 Å². The van der Waals surface area contributed by atoms with Crippen molar-refractivity contribution in [2.45, 2.75) is 13.1 Å². The van der Waals surface area contributed by atoms with Crippen molar-refractivity contribution in [3.63, 3.8) is 0 Å². The molecule has 1 saturated heterocycles. The van der Waals surface area contributed by atoms with Gasteiger partial charge in [-0.3, -0.25) is 9.69 Å². The molecular weight excluding hydrogens is 340 g/mol. The molecule has 0 radical (unpaired) electrons. The van der Waals surface area contributed by atoms with E-state index in [1.165, 1.54) is 27.3 Å². The molecule has 2 heterocycles. The summed E-state index contributed by atoms with van der Waals surface area (Å²) in [4.78, 5) is 20.5. The number of piperazine rings is 1. The first-order chi connectivity index (χ1) is 13.2. The third kappa shape index (κ3) is 3.81.